The van der Waals surface area contributed by atoms with Crippen molar-refractivity contribution < 1.29 is 22.7 Å². The average molecular weight is 503 g/mol. The molecule has 0 saturated carbocycles. The summed E-state index contributed by atoms with van der Waals surface area (Å²) in [6, 6.07) is 23.0. The first-order valence-corrected chi connectivity index (χ1v) is 13.0. The highest BCUT2D eigenvalue weighted by Crippen LogP contribution is 2.33. The van der Waals surface area contributed by atoms with E-state index in [9.17, 15) is 13.2 Å². The molecule has 34 heavy (non-hydrogen) atoms. The molecule has 0 aromatic heterocycles. The highest BCUT2D eigenvalue weighted by molar-refractivity contribution is 7.92. The Balaban J connectivity index is 1.52. The first-order chi connectivity index (χ1) is 16.3. The number of sulfonamides is 1. The van der Waals surface area contributed by atoms with Gasteiger partial charge in [-0.25, -0.2) is 8.42 Å². The van der Waals surface area contributed by atoms with Crippen LogP contribution in [0.5, 0.6) is 17.2 Å². The third-order valence-electron chi connectivity index (χ3n) is 4.78. The van der Waals surface area contributed by atoms with E-state index in [0.29, 0.717) is 47.5 Å². The predicted molar refractivity (Wildman–Crippen MR) is 134 cm³/mol. The molecule has 0 atom stereocenters. The molecular weight excluding hydrogens is 476 g/mol. The van der Waals surface area contributed by atoms with Crippen LogP contribution >= 0.6 is 11.6 Å². The number of hydrogen-bond acceptors (Lipinski definition) is 5. The van der Waals surface area contributed by atoms with E-state index in [2.05, 4.69) is 5.32 Å². The van der Waals surface area contributed by atoms with E-state index in [4.69, 9.17) is 21.1 Å². The lowest BCUT2D eigenvalue weighted by Crippen LogP contribution is -2.33. The quantitative estimate of drug-likeness (QED) is 0.357. The Morgan fingerprint density at radius 3 is 2.32 bits per heavy atom. The number of benzene rings is 3. The largest absolute Gasteiger partial charge is 0.492 e. The monoisotopic (exact) mass is 502 g/mol. The fourth-order valence-corrected chi connectivity index (χ4v) is 4.29. The summed E-state index contributed by atoms with van der Waals surface area (Å²) >= 11 is 5.84. The average Bonchev–Trinajstić information content (AvgIpc) is 2.81. The number of anilines is 1. The van der Waals surface area contributed by atoms with Crippen molar-refractivity contribution in [2.75, 3.05) is 30.3 Å². The van der Waals surface area contributed by atoms with E-state index < -0.39 is 10.0 Å². The molecule has 3 aromatic rings. The van der Waals surface area contributed by atoms with Gasteiger partial charge in [0.25, 0.3) is 0 Å². The molecule has 1 N–H and O–H groups in total. The fourth-order valence-electron chi connectivity index (χ4n) is 3.19. The van der Waals surface area contributed by atoms with Gasteiger partial charge in [-0.1, -0.05) is 41.9 Å². The van der Waals surface area contributed by atoms with Crippen molar-refractivity contribution >= 4 is 33.2 Å². The third-order valence-corrected chi connectivity index (χ3v) is 6.21. The van der Waals surface area contributed by atoms with Gasteiger partial charge < -0.3 is 14.8 Å². The summed E-state index contributed by atoms with van der Waals surface area (Å²) < 4.78 is 37.8. The maximum atomic E-state index is 12.5. The summed E-state index contributed by atoms with van der Waals surface area (Å²) in [6.07, 6.45) is 1.66. The van der Waals surface area contributed by atoms with Gasteiger partial charge in [-0.3, -0.25) is 9.10 Å². The van der Waals surface area contributed by atoms with Gasteiger partial charge in [-0.15, -0.1) is 0 Å². The van der Waals surface area contributed by atoms with E-state index in [-0.39, 0.29) is 18.9 Å². The van der Waals surface area contributed by atoms with E-state index >= 15 is 0 Å². The van der Waals surface area contributed by atoms with Crippen LogP contribution in [0.15, 0.2) is 78.9 Å². The van der Waals surface area contributed by atoms with Gasteiger partial charge >= 0.3 is 0 Å². The van der Waals surface area contributed by atoms with Crippen molar-refractivity contribution in [1.29, 1.82) is 0 Å². The molecule has 1 amide bonds. The molecule has 9 heteroatoms. The highest BCUT2D eigenvalue weighted by Gasteiger charge is 2.21. The van der Waals surface area contributed by atoms with Crippen molar-refractivity contribution in [3.8, 4) is 17.2 Å². The lowest BCUT2D eigenvalue weighted by molar-refractivity contribution is -0.121. The highest BCUT2D eigenvalue weighted by atomic mass is 35.5. The van der Waals surface area contributed by atoms with Gasteiger partial charge in [0.05, 0.1) is 18.5 Å². The number of amides is 1. The first-order valence-electron chi connectivity index (χ1n) is 10.8. The zero-order valence-corrected chi connectivity index (χ0v) is 20.4. The van der Waals surface area contributed by atoms with Gasteiger partial charge in [-0.05, 0) is 55.0 Å². The molecular formula is C25H27ClN2O5S. The van der Waals surface area contributed by atoms with Gasteiger partial charge in [0.15, 0.2) is 5.75 Å². The first kappa shape index (κ1) is 25.4. The number of nitrogens with one attached hydrogen (secondary N) is 1. The topological polar surface area (TPSA) is 84.9 Å². The Morgan fingerprint density at radius 1 is 0.941 bits per heavy atom. The number of hydrogen-bond donors (Lipinski definition) is 1. The van der Waals surface area contributed by atoms with Crippen molar-refractivity contribution in [3.63, 3.8) is 0 Å². The zero-order chi connectivity index (χ0) is 24.4. The lowest BCUT2D eigenvalue weighted by atomic mass is 10.2. The van der Waals surface area contributed by atoms with Crippen LogP contribution in [0.2, 0.25) is 5.02 Å². The van der Waals surface area contributed by atoms with Crippen molar-refractivity contribution in [2.24, 2.45) is 0 Å². The van der Waals surface area contributed by atoms with Gasteiger partial charge in [0.1, 0.15) is 18.1 Å². The molecule has 0 aliphatic heterocycles. The van der Waals surface area contributed by atoms with E-state index in [1.165, 1.54) is 4.31 Å². The molecule has 0 aliphatic rings. The number of carbonyl (C=O) groups is 1. The van der Waals surface area contributed by atoms with Crippen LogP contribution in [-0.2, 0) is 14.8 Å². The summed E-state index contributed by atoms with van der Waals surface area (Å²) in [5.74, 6) is 1.51. The van der Waals surface area contributed by atoms with Crippen molar-refractivity contribution in [3.05, 3.63) is 83.9 Å². The Bertz CT molecular complexity index is 1170. The second-order valence-electron chi connectivity index (χ2n) is 7.47. The predicted octanol–water partition coefficient (Wildman–Crippen LogP) is 4.87. The fraction of sp³-hybridized carbons (Fsp3) is 0.240. The van der Waals surface area contributed by atoms with E-state index in [1.54, 1.807) is 60.7 Å². The molecule has 7 nitrogen and oxygen atoms in total. The van der Waals surface area contributed by atoms with Gasteiger partial charge in [-0.2, -0.15) is 0 Å². The third kappa shape index (κ3) is 7.97. The molecule has 0 spiro atoms. The summed E-state index contributed by atoms with van der Waals surface area (Å²) in [5, 5.41) is 3.40. The lowest BCUT2D eigenvalue weighted by Gasteiger charge is -2.24. The summed E-state index contributed by atoms with van der Waals surface area (Å²) in [7, 11) is -3.59. The standard InChI is InChI=1S/C25H27ClN2O5S/c1-34(30,31)28(23-10-5-6-11-24(23)33-22-8-3-2-4-9-22)18-7-12-25(29)27-17-19-32-21-15-13-20(26)14-16-21/h2-6,8-11,13-16H,7,12,17-19H2,1H3,(H,27,29). The van der Waals surface area contributed by atoms with Gasteiger partial charge in [0.2, 0.25) is 15.9 Å². The molecule has 0 heterocycles. The Morgan fingerprint density at radius 2 is 1.62 bits per heavy atom. The van der Waals surface area contributed by atoms with Crippen LogP contribution in [-0.4, -0.2) is 40.3 Å². The normalized spacial score (nSPS) is 11.0. The van der Waals surface area contributed by atoms with Crippen LogP contribution in [0.1, 0.15) is 12.8 Å². The smallest absolute Gasteiger partial charge is 0.232 e. The molecule has 0 fully saturated rings. The van der Waals surface area contributed by atoms with Crippen LogP contribution < -0.4 is 19.1 Å². The minimum atomic E-state index is -3.59. The van der Waals surface area contributed by atoms with Crippen molar-refractivity contribution in [2.45, 2.75) is 12.8 Å². The van der Waals surface area contributed by atoms with E-state index in [0.717, 1.165) is 6.26 Å². The number of ether oxygens (including phenoxy) is 2. The zero-order valence-electron chi connectivity index (χ0n) is 18.8. The van der Waals surface area contributed by atoms with Crippen LogP contribution in [0.3, 0.4) is 0 Å². The van der Waals surface area contributed by atoms with Gasteiger partial charge in [0, 0.05) is 18.0 Å². The molecule has 180 valence electrons. The van der Waals surface area contributed by atoms with Crippen LogP contribution in [0.25, 0.3) is 0 Å². The summed E-state index contributed by atoms with van der Waals surface area (Å²) in [4.78, 5) is 12.2. The SMILES string of the molecule is CS(=O)(=O)N(CCCC(=O)NCCOc1ccc(Cl)cc1)c1ccccc1Oc1ccccc1. The minimum absolute atomic E-state index is 0.142. The molecule has 0 unspecified atom stereocenters. The molecule has 0 bridgehead atoms. The van der Waals surface area contributed by atoms with Crippen LogP contribution in [0.4, 0.5) is 5.69 Å². The number of carbonyl (C=O) groups excluding carboxylic acids is 1. The minimum Gasteiger partial charge on any atom is -0.492 e. The number of rotatable bonds is 12. The number of halogens is 1. The number of nitrogens with zero attached hydrogens (tertiary/aromatic N) is 1. The Hall–Kier alpha value is -3.23. The molecule has 3 aromatic carbocycles. The summed E-state index contributed by atoms with van der Waals surface area (Å²) in [5.41, 5.74) is 0.422. The number of para-hydroxylation sites is 3. The second kappa shape index (κ2) is 12.3. The van der Waals surface area contributed by atoms with Crippen LogP contribution in [0, 0.1) is 0 Å². The Kier molecular flexibility index (Phi) is 9.18. The second-order valence-corrected chi connectivity index (χ2v) is 9.82. The van der Waals surface area contributed by atoms with Crippen molar-refractivity contribution in [1.82, 2.24) is 5.32 Å². The molecule has 0 saturated heterocycles. The maximum Gasteiger partial charge on any atom is 0.232 e. The molecule has 0 aliphatic carbocycles. The van der Waals surface area contributed by atoms with E-state index in [1.807, 2.05) is 18.2 Å². The Labute approximate surface area is 205 Å². The molecule has 0 radical (unpaired) electrons. The summed E-state index contributed by atoms with van der Waals surface area (Å²) in [6.45, 7) is 0.792. The molecule has 3 rings (SSSR count). The maximum absolute atomic E-state index is 12.5.